The maximum atomic E-state index is 12.9. The SMILES string of the molecule is CCCNC(=O)c1cc(NC(=O)C2C(c3cc(Cl)c(OC)c(Cl)c3)C2(Cl)Cl)ccc1Cl. The van der Waals surface area contributed by atoms with Gasteiger partial charge in [-0.1, -0.05) is 41.7 Å². The van der Waals surface area contributed by atoms with Gasteiger partial charge in [-0.25, -0.2) is 0 Å². The molecule has 0 spiro atoms. The van der Waals surface area contributed by atoms with E-state index in [9.17, 15) is 9.59 Å². The molecule has 0 aromatic heterocycles. The van der Waals surface area contributed by atoms with E-state index in [1.807, 2.05) is 6.92 Å². The van der Waals surface area contributed by atoms with E-state index >= 15 is 0 Å². The molecule has 2 unspecified atom stereocenters. The van der Waals surface area contributed by atoms with Gasteiger partial charge in [0.2, 0.25) is 5.91 Å². The smallest absolute Gasteiger partial charge is 0.252 e. The molecule has 2 atom stereocenters. The lowest BCUT2D eigenvalue weighted by atomic mass is 10.1. The molecule has 2 amide bonds. The number of rotatable bonds is 7. The summed E-state index contributed by atoms with van der Waals surface area (Å²) in [5.74, 6) is -1.65. The van der Waals surface area contributed by atoms with Gasteiger partial charge >= 0.3 is 0 Å². The minimum Gasteiger partial charge on any atom is -0.494 e. The standard InChI is InChI=1S/C21H19Cl5N2O3/c1-3-6-27-19(29)12-9-11(4-5-13(12)22)28-20(30)17-16(21(17,25)26)10-7-14(23)18(31-2)15(24)8-10/h4-5,7-9,16-17H,3,6H2,1-2H3,(H,27,29)(H,28,30). The Morgan fingerprint density at radius 3 is 2.29 bits per heavy atom. The van der Waals surface area contributed by atoms with Gasteiger partial charge in [-0.15, -0.1) is 23.2 Å². The summed E-state index contributed by atoms with van der Waals surface area (Å²) >= 11 is 31.4. The van der Waals surface area contributed by atoms with Crippen LogP contribution in [0, 0.1) is 5.92 Å². The molecule has 3 rings (SSSR count). The average molecular weight is 525 g/mol. The summed E-state index contributed by atoms with van der Waals surface area (Å²) in [6, 6.07) is 7.90. The number of carbonyl (C=O) groups is 2. The number of hydrogen-bond acceptors (Lipinski definition) is 3. The van der Waals surface area contributed by atoms with Gasteiger partial charge in [-0.2, -0.15) is 0 Å². The fourth-order valence-corrected chi connectivity index (χ4v) is 5.04. The topological polar surface area (TPSA) is 67.4 Å². The third kappa shape index (κ3) is 5.01. The zero-order chi connectivity index (χ0) is 22.9. The van der Waals surface area contributed by atoms with Crippen molar-refractivity contribution in [3.05, 3.63) is 56.5 Å². The number of amides is 2. The molecular weight excluding hydrogens is 506 g/mol. The predicted octanol–water partition coefficient (Wildman–Crippen LogP) is 6.32. The van der Waals surface area contributed by atoms with Gasteiger partial charge in [0.25, 0.3) is 5.91 Å². The first kappa shape index (κ1) is 24.3. The van der Waals surface area contributed by atoms with Crippen LogP contribution in [-0.4, -0.2) is 29.8 Å². The predicted molar refractivity (Wildman–Crippen MR) is 126 cm³/mol. The van der Waals surface area contributed by atoms with E-state index < -0.39 is 22.1 Å². The average Bonchev–Trinajstić information content (AvgIpc) is 3.29. The van der Waals surface area contributed by atoms with Crippen molar-refractivity contribution in [2.75, 3.05) is 19.0 Å². The van der Waals surface area contributed by atoms with Gasteiger partial charge in [0.1, 0.15) is 4.33 Å². The van der Waals surface area contributed by atoms with E-state index in [2.05, 4.69) is 10.6 Å². The van der Waals surface area contributed by atoms with E-state index in [1.54, 1.807) is 24.3 Å². The van der Waals surface area contributed by atoms with Crippen LogP contribution in [0.4, 0.5) is 5.69 Å². The Bertz CT molecular complexity index is 1010. The lowest BCUT2D eigenvalue weighted by Gasteiger charge is -2.10. The molecule has 2 aromatic rings. The van der Waals surface area contributed by atoms with E-state index in [1.165, 1.54) is 13.2 Å². The van der Waals surface area contributed by atoms with E-state index in [4.69, 9.17) is 62.7 Å². The Morgan fingerprint density at radius 2 is 1.71 bits per heavy atom. The van der Waals surface area contributed by atoms with Crippen LogP contribution in [0.2, 0.25) is 15.1 Å². The summed E-state index contributed by atoms with van der Waals surface area (Å²) in [5, 5.41) is 6.37. The molecule has 2 N–H and O–H groups in total. The van der Waals surface area contributed by atoms with Gasteiger partial charge in [0.15, 0.2) is 5.75 Å². The van der Waals surface area contributed by atoms with Crippen LogP contribution in [0.5, 0.6) is 5.75 Å². The van der Waals surface area contributed by atoms with Crippen molar-refractivity contribution in [3.63, 3.8) is 0 Å². The van der Waals surface area contributed by atoms with Crippen LogP contribution >= 0.6 is 58.0 Å². The number of benzene rings is 2. The number of nitrogens with one attached hydrogen (secondary N) is 2. The number of carbonyl (C=O) groups excluding carboxylic acids is 2. The molecule has 1 fully saturated rings. The second-order valence-corrected chi connectivity index (χ2v) is 9.75. The highest BCUT2D eigenvalue weighted by Crippen LogP contribution is 2.65. The molecule has 166 valence electrons. The van der Waals surface area contributed by atoms with Crippen LogP contribution in [-0.2, 0) is 4.79 Å². The third-order valence-electron chi connectivity index (χ3n) is 4.93. The van der Waals surface area contributed by atoms with Crippen LogP contribution in [0.1, 0.15) is 35.2 Å². The fraction of sp³-hybridized carbons (Fsp3) is 0.333. The second-order valence-electron chi connectivity index (χ2n) is 7.09. The highest BCUT2D eigenvalue weighted by atomic mass is 35.5. The summed E-state index contributed by atoms with van der Waals surface area (Å²) in [6.45, 7) is 2.46. The number of anilines is 1. The van der Waals surface area contributed by atoms with E-state index in [0.717, 1.165) is 6.42 Å². The zero-order valence-electron chi connectivity index (χ0n) is 16.6. The monoisotopic (exact) mass is 522 g/mol. The molecule has 31 heavy (non-hydrogen) atoms. The molecular formula is C21H19Cl5N2O3. The first-order valence-electron chi connectivity index (χ1n) is 9.41. The quantitative estimate of drug-likeness (QED) is 0.417. The second kappa shape index (κ2) is 9.63. The van der Waals surface area contributed by atoms with Crippen molar-refractivity contribution in [1.29, 1.82) is 0 Å². The van der Waals surface area contributed by atoms with Crippen LogP contribution in [0.25, 0.3) is 0 Å². The Kier molecular flexibility index (Phi) is 7.54. The van der Waals surface area contributed by atoms with Crippen molar-refractivity contribution < 1.29 is 14.3 Å². The summed E-state index contributed by atoms with van der Waals surface area (Å²) in [5.41, 5.74) is 1.28. The molecule has 0 saturated heterocycles. The van der Waals surface area contributed by atoms with Crippen LogP contribution < -0.4 is 15.4 Å². The number of methoxy groups -OCH3 is 1. The van der Waals surface area contributed by atoms with Gasteiger partial charge < -0.3 is 15.4 Å². The summed E-state index contributed by atoms with van der Waals surface area (Å²) < 4.78 is 3.81. The van der Waals surface area contributed by atoms with Gasteiger partial charge in [0, 0.05) is 18.2 Å². The number of hydrogen-bond donors (Lipinski definition) is 2. The number of halogens is 5. The van der Waals surface area contributed by atoms with Gasteiger partial charge in [-0.05, 0) is 42.3 Å². The van der Waals surface area contributed by atoms with Crippen molar-refractivity contribution >= 4 is 75.5 Å². The highest BCUT2D eigenvalue weighted by Gasteiger charge is 2.67. The maximum Gasteiger partial charge on any atom is 0.252 e. The van der Waals surface area contributed by atoms with Crippen molar-refractivity contribution in [2.45, 2.75) is 23.6 Å². The molecule has 1 aliphatic carbocycles. The Hall–Kier alpha value is -1.37. The highest BCUT2D eigenvalue weighted by molar-refractivity contribution is 6.53. The molecule has 0 bridgehead atoms. The molecule has 1 aliphatic rings. The molecule has 0 heterocycles. The van der Waals surface area contributed by atoms with Crippen molar-refractivity contribution in [3.8, 4) is 5.75 Å². The third-order valence-corrected chi connectivity index (χ3v) is 6.77. The van der Waals surface area contributed by atoms with E-state index in [-0.39, 0.29) is 16.5 Å². The van der Waals surface area contributed by atoms with Crippen LogP contribution in [0.3, 0.4) is 0 Å². The summed E-state index contributed by atoms with van der Waals surface area (Å²) in [7, 11) is 1.45. The van der Waals surface area contributed by atoms with Gasteiger partial charge in [-0.3, -0.25) is 9.59 Å². The molecule has 0 radical (unpaired) electrons. The minimum absolute atomic E-state index is 0.261. The normalized spacial score (nSPS) is 18.9. The first-order valence-corrected chi connectivity index (χ1v) is 11.3. The number of alkyl halides is 2. The molecule has 0 aliphatic heterocycles. The van der Waals surface area contributed by atoms with Crippen LogP contribution in [0.15, 0.2) is 30.3 Å². The summed E-state index contributed by atoms with van der Waals surface area (Å²) in [6.07, 6.45) is 0.787. The first-order chi connectivity index (χ1) is 14.6. The van der Waals surface area contributed by atoms with E-state index in [0.29, 0.717) is 33.6 Å². The molecule has 1 saturated carbocycles. The summed E-state index contributed by atoms with van der Waals surface area (Å²) in [4.78, 5) is 25.2. The largest absolute Gasteiger partial charge is 0.494 e. The Labute approximate surface area is 205 Å². The Balaban J connectivity index is 1.79. The molecule has 10 heteroatoms. The number of ether oxygens (including phenoxy) is 1. The fourth-order valence-electron chi connectivity index (χ4n) is 3.35. The maximum absolute atomic E-state index is 12.9. The van der Waals surface area contributed by atoms with Gasteiger partial charge in [0.05, 0.1) is 33.7 Å². The Morgan fingerprint density at radius 1 is 1.06 bits per heavy atom. The zero-order valence-corrected chi connectivity index (χ0v) is 20.3. The molecule has 5 nitrogen and oxygen atoms in total. The lowest BCUT2D eigenvalue weighted by Crippen LogP contribution is -2.24. The molecule has 2 aromatic carbocycles. The van der Waals surface area contributed by atoms with Crippen molar-refractivity contribution in [1.82, 2.24) is 5.32 Å². The minimum atomic E-state index is -1.33. The lowest BCUT2D eigenvalue weighted by molar-refractivity contribution is -0.117. The van der Waals surface area contributed by atoms with Crippen molar-refractivity contribution in [2.24, 2.45) is 5.92 Å².